The molecule has 1 saturated carbocycles. The Hall–Kier alpha value is -2.97. The highest BCUT2D eigenvalue weighted by molar-refractivity contribution is 6.07. The summed E-state index contributed by atoms with van der Waals surface area (Å²) in [6, 6.07) is 3.91. The van der Waals surface area contributed by atoms with Crippen LogP contribution >= 0.6 is 0 Å². The van der Waals surface area contributed by atoms with E-state index >= 15 is 0 Å². The number of likely N-dealkylation sites (N-methyl/N-ethyl adjacent to an activating group) is 1. The third-order valence-corrected chi connectivity index (χ3v) is 5.40. The smallest absolute Gasteiger partial charge is 0.324 e. The molecule has 1 spiro atoms. The number of carbonyl (C=O) groups excluding carboxylic acids is 3. The molecule has 9 nitrogen and oxygen atoms in total. The number of urea groups is 1. The largest absolute Gasteiger partial charge is 0.352 e. The van der Waals surface area contributed by atoms with E-state index in [1.165, 1.54) is 32.2 Å². The van der Waals surface area contributed by atoms with Gasteiger partial charge in [-0.1, -0.05) is 12.5 Å². The molecule has 4 amide bonds. The lowest BCUT2D eigenvalue weighted by Gasteiger charge is -2.28. The Bertz CT molecular complexity index is 808. The van der Waals surface area contributed by atoms with Crippen molar-refractivity contribution in [2.75, 3.05) is 13.6 Å². The van der Waals surface area contributed by atoms with Crippen LogP contribution in [0.1, 0.15) is 35.2 Å². The standard InChI is InChI=1S/C17H20N4O5/c1-10-12(6-3-7-13(10)21(25)26)14(22)18-9-11-5-4-8-17(11)15(23)20(2)16(24)19-17/h3,6-7,11H,4-5,8-9H2,1-2H3,(H,18,22)(H,19,24)/t11-,17+/m0/s1. The highest BCUT2D eigenvalue weighted by atomic mass is 16.6. The molecule has 0 bridgehead atoms. The zero-order valence-corrected chi connectivity index (χ0v) is 14.6. The number of rotatable bonds is 4. The second-order valence-corrected chi connectivity index (χ2v) is 6.77. The molecule has 0 unspecified atom stereocenters. The van der Waals surface area contributed by atoms with E-state index in [-0.39, 0.29) is 29.6 Å². The molecule has 3 rings (SSSR count). The van der Waals surface area contributed by atoms with Crippen LogP contribution in [0.4, 0.5) is 10.5 Å². The maximum atomic E-state index is 12.5. The Morgan fingerprint density at radius 1 is 1.46 bits per heavy atom. The van der Waals surface area contributed by atoms with Gasteiger partial charge in [0.15, 0.2) is 0 Å². The molecule has 2 aliphatic rings. The molecular weight excluding hydrogens is 340 g/mol. The Morgan fingerprint density at radius 3 is 2.81 bits per heavy atom. The van der Waals surface area contributed by atoms with Gasteiger partial charge in [-0.15, -0.1) is 0 Å². The molecule has 1 aromatic carbocycles. The van der Waals surface area contributed by atoms with E-state index in [0.29, 0.717) is 18.4 Å². The van der Waals surface area contributed by atoms with E-state index in [2.05, 4.69) is 10.6 Å². The van der Waals surface area contributed by atoms with Gasteiger partial charge in [-0.25, -0.2) is 4.79 Å². The summed E-state index contributed by atoms with van der Waals surface area (Å²) >= 11 is 0. The second kappa shape index (κ2) is 6.40. The first-order valence-electron chi connectivity index (χ1n) is 8.40. The van der Waals surface area contributed by atoms with Crippen molar-refractivity contribution in [1.29, 1.82) is 0 Å². The molecule has 2 N–H and O–H groups in total. The summed E-state index contributed by atoms with van der Waals surface area (Å²) in [5, 5.41) is 16.6. The molecule has 1 heterocycles. The number of nitro benzene ring substituents is 1. The van der Waals surface area contributed by atoms with Gasteiger partial charge < -0.3 is 10.6 Å². The van der Waals surface area contributed by atoms with Crippen molar-refractivity contribution in [1.82, 2.24) is 15.5 Å². The number of carbonyl (C=O) groups is 3. The van der Waals surface area contributed by atoms with Gasteiger partial charge in [-0.3, -0.25) is 24.6 Å². The van der Waals surface area contributed by atoms with E-state index in [4.69, 9.17) is 0 Å². The fourth-order valence-corrected chi connectivity index (χ4v) is 3.90. The summed E-state index contributed by atoms with van der Waals surface area (Å²) in [6.07, 6.45) is 2.02. The van der Waals surface area contributed by atoms with Gasteiger partial charge in [-0.2, -0.15) is 0 Å². The number of hydrogen-bond donors (Lipinski definition) is 2. The van der Waals surface area contributed by atoms with Crippen molar-refractivity contribution in [3.63, 3.8) is 0 Å². The molecule has 0 aromatic heterocycles. The van der Waals surface area contributed by atoms with Crippen LogP contribution < -0.4 is 10.6 Å². The fraction of sp³-hybridized carbons (Fsp3) is 0.471. The Morgan fingerprint density at radius 2 is 2.19 bits per heavy atom. The molecule has 2 atom stereocenters. The topological polar surface area (TPSA) is 122 Å². The van der Waals surface area contributed by atoms with Crippen LogP contribution in [0.2, 0.25) is 0 Å². The predicted octanol–water partition coefficient (Wildman–Crippen LogP) is 1.35. The van der Waals surface area contributed by atoms with Gasteiger partial charge in [-0.05, 0) is 25.8 Å². The molecule has 1 aromatic rings. The monoisotopic (exact) mass is 360 g/mol. The summed E-state index contributed by atoms with van der Waals surface area (Å²) in [5.74, 6) is -0.920. The van der Waals surface area contributed by atoms with E-state index in [1.54, 1.807) is 0 Å². The van der Waals surface area contributed by atoms with Gasteiger partial charge in [0.2, 0.25) is 0 Å². The quantitative estimate of drug-likeness (QED) is 0.477. The third-order valence-electron chi connectivity index (χ3n) is 5.40. The molecule has 138 valence electrons. The molecule has 26 heavy (non-hydrogen) atoms. The van der Waals surface area contributed by atoms with Crippen LogP contribution in [-0.2, 0) is 4.79 Å². The average Bonchev–Trinajstić information content (AvgIpc) is 3.10. The Labute approximate surface area is 149 Å². The van der Waals surface area contributed by atoms with Crippen molar-refractivity contribution < 1.29 is 19.3 Å². The zero-order chi connectivity index (χ0) is 19.1. The SMILES string of the molecule is Cc1c(C(=O)NC[C@@H]2CCC[C@@]23NC(=O)N(C)C3=O)cccc1[N+](=O)[O-]. The molecule has 1 saturated heterocycles. The predicted molar refractivity (Wildman–Crippen MR) is 91.5 cm³/mol. The summed E-state index contributed by atoms with van der Waals surface area (Å²) < 4.78 is 0. The van der Waals surface area contributed by atoms with Gasteiger partial charge in [0.05, 0.1) is 4.92 Å². The third kappa shape index (κ3) is 2.69. The van der Waals surface area contributed by atoms with E-state index in [9.17, 15) is 24.5 Å². The molecule has 2 fully saturated rings. The first kappa shape index (κ1) is 17.8. The van der Waals surface area contributed by atoms with E-state index < -0.39 is 22.4 Å². The van der Waals surface area contributed by atoms with Crippen molar-refractivity contribution in [3.05, 3.63) is 39.4 Å². The summed E-state index contributed by atoms with van der Waals surface area (Å²) in [7, 11) is 1.44. The van der Waals surface area contributed by atoms with Gasteiger partial charge >= 0.3 is 6.03 Å². The second-order valence-electron chi connectivity index (χ2n) is 6.77. The average molecular weight is 360 g/mol. The van der Waals surface area contributed by atoms with Crippen molar-refractivity contribution in [3.8, 4) is 0 Å². The van der Waals surface area contributed by atoms with Crippen LogP contribution in [0, 0.1) is 23.0 Å². The molecule has 9 heteroatoms. The first-order chi connectivity index (χ1) is 12.3. The molecule has 1 aliphatic carbocycles. The van der Waals surface area contributed by atoms with Crippen molar-refractivity contribution in [2.24, 2.45) is 5.92 Å². The van der Waals surface area contributed by atoms with Crippen LogP contribution in [0.5, 0.6) is 0 Å². The summed E-state index contributed by atoms with van der Waals surface area (Å²) in [6.45, 7) is 1.74. The van der Waals surface area contributed by atoms with Crippen LogP contribution in [0.3, 0.4) is 0 Å². The zero-order valence-electron chi connectivity index (χ0n) is 14.6. The van der Waals surface area contributed by atoms with Crippen molar-refractivity contribution in [2.45, 2.75) is 31.7 Å². The molecular formula is C17H20N4O5. The van der Waals surface area contributed by atoms with Gasteiger partial charge in [0, 0.05) is 36.7 Å². The maximum Gasteiger partial charge on any atom is 0.324 e. The highest BCUT2D eigenvalue weighted by Crippen LogP contribution is 2.39. The Balaban J connectivity index is 1.74. The van der Waals surface area contributed by atoms with E-state index in [0.717, 1.165) is 11.3 Å². The first-order valence-corrected chi connectivity index (χ1v) is 8.40. The number of hydrogen-bond acceptors (Lipinski definition) is 5. The highest BCUT2D eigenvalue weighted by Gasteiger charge is 2.56. The van der Waals surface area contributed by atoms with Crippen LogP contribution in [-0.4, -0.2) is 46.8 Å². The summed E-state index contributed by atoms with van der Waals surface area (Å²) in [5.41, 5.74) is -0.558. The number of nitro groups is 1. The molecule has 0 radical (unpaired) electrons. The number of nitrogens with one attached hydrogen (secondary N) is 2. The number of nitrogens with zero attached hydrogens (tertiary/aromatic N) is 2. The lowest BCUT2D eigenvalue weighted by molar-refractivity contribution is -0.385. The minimum Gasteiger partial charge on any atom is -0.352 e. The maximum absolute atomic E-state index is 12.5. The van der Waals surface area contributed by atoms with Crippen LogP contribution in [0.25, 0.3) is 0 Å². The molecule has 1 aliphatic heterocycles. The summed E-state index contributed by atoms with van der Waals surface area (Å²) in [4.78, 5) is 48.4. The number of imide groups is 1. The Kier molecular flexibility index (Phi) is 4.39. The lowest BCUT2D eigenvalue weighted by atomic mass is 9.86. The van der Waals surface area contributed by atoms with Gasteiger partial charge in [0.1, 0.15) is 5.54 Å². The number of benzene rings is 1. The normalized spacial score (nSPS) is 24.8. The van der Waals surface area contributed by atoms with Crippen LogP contribution in [0.15, 0.2) is 18.2 Å². The minimum atomic E-state index is -0.961. The van der Waals surface area contributed by atoms with E-state index in [1.807, 2.05) is 0 Å². The minimum absolute atomic E-state index is 0.116. The number of amides is 4. The lowest BCUT2D eigenvalue weighted by Crippen LogP contribution is -2.53. The van der Waals surface area contributed by atoms with Crippen molar-refractivity contribution >= 4 is 23.5 Å². The fourth-order valence-electron chi connectivity index (χ4n) is 3.90. The van der Waals surface area contributed by atoms with Gasteiger partial charge in [0.25, 0.3) is 17.5 Å².